The Labute approximate surface area is 225 Å². The monoisotopic (exact) mass is 575 g/mol. The fraction of sp³-hybridized carbons (Fsp3) is 0.370. The minimum atomic E-state index is -0.330. The van der Waals surface area contributed by atoms with E-state index in [2.05, 4.69) is 61.0 Å². The molecule has 0 atom stereocenters. The van der Waals surface area contributed by atoms with Gasteiger partial charge in [0.15, 0.2) is 0 Å². The van der Waals surface area contributed by atoms with Gasteiger partial charge in [-0.15, -0.1) is 0 Å². The number of carbonyl (C=O) groups is 2. The number of thiocarbonyl (C=S) groups is 1. The second-order valence-corrected chi connectivity index (χ2v) is 11.8. The average molecular weight is 577 g/mol. The van der Waals surface area contributed by atoms with Crippen LogP contribution >= 0.6 is 39.9 Å². The molecule has 35 heavy (non-hydrogen) atoms. The lowest BCUT2D eigenvalue weighted by Gasteiger charge is -2.19. The fourth-order valence-electron chi connectivity index (χ4n) is 3.35. The van der Waals surface area contributed by atoms with Crippen LogP contribution in [0.5, 0.6) is 5.75 Å². The zero-order valence-electron chi connectivity index (χ0n) is 20.4. The molecule has 0 bridgehead atoms. The second-order valence-electron chi connectivity index (χ2n) is 9.22. The predicted molar refractivity (Wildman–Crippen MR) is 149 cm³/mol. The fourth-order valence-corrected chi connectivity index (χ4v) is 5.03. The molecule has 2 aromatic rings. The Morgan fingerprint density at radius 1 is 1.17 bits per heavy atom. The lowest BCUT2D eigenvalue weighted by molar-refractivity contribution is -0.143. The van der Waals surface area contributed by atoms with Crippen molar-refractivity contribution >= 4 is 62.2 Å². The summed E-state index contributed by atoms with van der Waals surface area (Å²) in [5.41, 5.74) is 3.20. The van der Waals surface area contributed by atoms with Crippen LogP contribution in [-0.4, -0.2) is 34.2 Å². The van der Waals surface area contributed by atoms with Crippen LogP contribution in [0, 0.1) is 0 Å². The Morgan fingerprint density at radius 3 is 2.54 bits per heavy atom. The molecule has 0 N–H and O–H groups in total. The van der Waals surface area contributed by atoms with Gasteiger partial charge in [0.25, 0.3) is 5.91 Å². The molecule has 0 radical (unpaired) electrons. The van der Waals surface area contributed by atoms with E-state index in [0.717, 1.165) is 22.0 Å². The lowest BCUT2D eigenvalue weighted by Crippen LogP contribution is -2.30. The van der Waals surface area contributed by atoms with Crippen LogP contribution in [0.25, 0.3) is 6.08 Å². The minimum Gasteiger partial charge on any atom is -0.488 e. The molecule has 0 saturated carbocycles. The van der Waals surface area contributed by atoms with E-state index in [1.165, 1.54) is 22.2 Å². The molecule has 3 rings (SSSR count). The van der Waals surface area contributed by atoms with Crippen LogP contribution in [-0.2, 0) is 26.3 Å². The Hall–Kier alpha value is -2.16. The first kappa shape index (κ1) is 27.4. The molecular weight excluding hydrogens is 546 g/mol. The third-order valence-corrected chi connectivity index (χ3v) is 7.22. The van der Waals surface area contributed by atoms with Crippen molar-refractivity contribution in [2.75, 3.05) is 13.2 Å². The minimum absolute atomic E-state index is 0.0974. The number of carbonyl (C=O) groups excluding carboxylic acids is 2. The molecule has 2 aromatic carbocycles. The molecule has 1 aliphatic rings. The Kier molecular flexibility index (Phi) is 9.55. The van der Waals surface area contributed by atoms with E-state index < -0.39 is 0 Å². The lowest BCUT2D eigenvalue weighted by atomic mass is 9.87. The summed E-state index contributed by atoms with van der Waals surface area (Å²) in [5, 5.41) is 0. The molecule has 186 valence electrons. The first-order valence-corrected chi connectivity index (χ1v) is 13.5. The smallest absolute Gasteiger partial charge is 0.307 e. The largest absolute Gasteiger partial charge is 0.488 e. The second kappa shape index (κ2) is 12.2. The number of benzene rings is 2. The topological polar surface area (TPSA) is 55.8 Å². The number of esters is 1. The van der Waals surface area contributed by atoms with Gasteiger partial charge in [-0.25, -0.2) is 0 Å². The van der Waals surface area contributed by atoms with E-state index in [0.29, 0.717) is 28.2 Å². The number of amides is 1. The number of thioether (sulfide) groups is 1. The van der Waals surface area contributed by atoms with Crippen molar-refractivity contribution in [2.45, 2.75) is 52.6 Å². The van der Waals surface area contributed by atoms with Crippen molar-refractivity contribution in [3.63, 3.8) is 0 Å². The molecule has 1 heterocycles. The molecule has 1 fully saturated rings. The third kappa shape index (κ3) is 7.66. The van der Waals surface area contributed by atoms with Gasteiger partial charge >= 0.3 is 5.97 Å². The van der Waals surface area contributed by atoms with Crippen molar-refractivity contribution in [3.8, 4) is 5.75 Å². The quantitative estimate of drug-likeness (QED) is 0.185. The van der Waals surface area contributed by atoms with Crippen LogP contribution in [0.15, 0.2) is 51.8 Å². The van der Waals surface area contributed by atoms with Crippen molar-refractivity contribution in [2.24, 2.45) is 0 Å². The predicted octanol–water partition coefficient (Wildman–Crippen LogP) is 6.87. The van der Waals surface area contributed by atoms with Crippen molar-refractivity contribution in [1.82, 2.24) is 4.90 Å². The molecule has 1 aliphatic heterocycles. The zero-order valence-corrected chi connectivity index (χ0v) is 23.6. The van der Waals surface area contributed by atoms with Gasteiger partial charge in [0, 0.05) is 16.6 Å². The van der Waals surface area contributed by atoms with E-state index in [4.69, 9.17) is 21.7 Å². The highest BCUT2D eigenvalue weighted by molar-refractivity contribution is 9.10. The average Bonchev–Trinajstić information content (AvgIpc) is 3.07. The summed E-state index contributed by atoms with van der Waals surface area (Å²) < 4.78 is 12.5. The standard InChI is InChI=1S/C27H30BrNO4S2/c1-5-14-32-24(30)12-13-29-25(31)23(35-26(29)34)16-19-15-21(28)10-11-22(19)33-17-18-6-8-20(9-7-18)27(2,3)4/h6-11,15-16H,5,12-14,17H2,1-4H3/b23-16+. The van der Waals surface area contributed by atoms with Crippen LogP contribution in [0.3, 0.4) is 0 Å². The van der Waals surface area contributed by atoms with Gasteiger partial charge in [-0.1, -0.05) is 91.9 Å². The molecule has 0 spiro atoms. The number of nitrogens with zero attached hydrogens (tertiary/aromatic N) is 1. The summed E-state index contributed by atoms with van der Waals surface area (Å²) in [6.45, 7) is 9.49. The van der Waals surface area contributed by atoms with Crippen molar-refractivity contribution in [1.29, 1.82) is 0 Å². The number of hydrogen-bond acceptors (Lipinski definition) is 6. The maximum absolute atomic E-state index is 13.0. The van der Waals surface area contributed by atoms with E-state index >= 15 is 0 Å². The first-order chi connectivity index (χ1) is 16.6. The molecule has 1 saturated heterocycles. The van der Waals surface area contributed by atoms with E-state index in [1.807, 2.05) is 25.1 Å². The highest BCUT2D eigenvalue weighted by Gasteiger charge is 2.32. The molecule has 5 nitrogen and oxygen atoms in total. The van der Waals surface area contributed by atoms with E-state index in [9.17, 15) is 9.59 Å². The maximum atomic E-state index is 13.0. The molecular formula is C27H30BrNO4S2. The summed E-state index contributed by atoms with van der Waals surface area (Å²) in [6.07, 6.45) is 2.66. The van der Waals surface area contributed by atoms with Crippen LogP contribution in [0.4, 0.5) is 0 Å². The SMILES string of the molecule is CCCOC(=O)CCN1C(=O)/C(=C\c2cc(Br)ccc2OCc2ccc(C(C)(C)C)cc2)SC1=S. The summed E-state index contributed by atoms with van der Waals surface area (Å²) in [7, 11) is 0. The zero-order chi connectivity index (χ0) is 25.6. The highest BCUT2D eigenvalue weighted by atomic mass is 79.9. The summed E-state index contributed by atoms with van der Waals surface area (Å²) >= 11 is 10.1. The van der Waals surface area contributed by atoms with Gasteiger partial charge in [-0.05, 0) is 47.2 Å². The van der Waals surface area contributed by atoms with Crippen LogP contribution in [0.1, 0.15) is 57.2 Å². The van der Waals surface area contributed by atoms with Gasteiger partial charge in [0.05, 0.1) is 17.9 Å². The van der Waals surface area contributed by atoms with E-state index in [-0.39, 0.29) is 30.3 Å². The molecule has 0 aliphatic carbocycles. The number of ether oxygens (including phenoxy) is 2. The Bertz CT molecular complexity index is 1120. The molecule has 8 heteroatoms. The molecule has 0 aromatic heterocycles. The van der Waals surface area contributed by atoms with Gasteiger partial charge in [-0.2, -0.15) is 0 Å². The third-order valence-electron chi connectivity index (χ3n) is 5.35. The number of hydrogen-bond donors (Lipinski definition) is 0. The van der Waals surface area contributed by atoms with Gasteiger partial charge in [-0.3, -0.25) is 14.5 Å². The van der Waals surface area contributed by atoms with Gasteiger partial charge < -0.3 is 9.47 Å². The number of rotatable bonds is 9. The molecule has 0 unspecified atom stereocenters. The Balaban J connectivity index is 1.71. The summed E-state index contributed by atoms with van der Waals surface area (Å²) in [5.74, 6) is 0.122. The van der Waals surface area contributed by atoms with Crippen LogP contribution in [0.2, 0.25) is 0 Å². The van der Waals surface area contributed by atoms with Crippen molar-refractivity contribution in [3.05, 3.63) is 68.5 Å². The highest BCUT2D eigenvalue weighted by Crippen LogP contribution is 2.35. The summed E-state index contributed by atoms with van der Waals surface area (Å²) in [6, 6.07) is 14.1. The van der Waals surface area contributed by atoms with Gasteiger partial charge in [0.2, 0.25) is 0 Å². The normalized spacial score (nSPS) is 15.1. The molecule has 1 amide bonds. The van der Waals surface area contributed by atoms with Crippen molar-refractivity contribution < 1.29 is 19.1 Å². The number of halogens is 1. The first-order valence-electron chi connectivity index (χ1n) is 11.5. The van der Waals surface area contributed by atoms with Gasteiger partial charge in [0.1, 0.15) is 16.7 Å². The Morgan fingerprint density at radius 2 is 1.89 bits per heavy atom. The summed E-state index contributed by atoms with van der Waals surface area (Å²) in [4.78, 5) is 26.8. The van der Waals surface area contributed by atoms with E-state index in [1.54, 1.807) is 6.08 Å². The van der Waals surface area contributed by atoms with Crippen LogP contribution < -0.4 is 4.74 Å². The maximum Gasteiger partial charge on any atom is 0.307 e.